The number of carbonyl (C=O) groups excluding carboxylic acids is 1. The van der Waals surface area contributed by atoms with Crippen LogP contribution in [-0.2, 0) is 10.0 Å². The number of rotatable bonds is 4. The van der Waals surface area contributed by atoms with Crippen molar-refractivity contribution in [1.82, 2.24) is 4.90 Å². The second-order valence-corrected chi connectivity index (χ2v) is 7.39. The maximum Gasteiger partial charge on any atom is 0.254 e. The first-order chi connectivity index (χ1) is 9.25. The first-order valence-corrected chi connectivity index (χ1v) is 8.73. The Kier molecular flexibility index (Phi) is 4.22. The number of benzene rings is 1. The molecule has 1 aliphatic carbocycles. The van der Waals surface area contributed by atoms with E-state index in [1.807, 2.05) is 6.92 Å². The fourth-order valence-electron chi connectivity index (χ4n) is 2.28. The number of hydrogen-bond donors (Lipinski definition) is 1. The summed E-state index contributed by atoms with van der Waals surface area (Å²) in [5.41, 5.74) is 0.789. The zero-order valence-electron chi connectivity index (χ0n) is 11.4. The van der Waals surface area contributed by atoms with Crippen molar-refractivity contribution in [3.63, 3.8) is 0 Å². The lowest BCUT2D eigenvalue weighted by Gasteiger charge is -2.22. The van der Waals surface area contributed by atoms with Gasteiger partial charge < -0.3 is 4.90 Å². The van der Waals surface area contributed by atoms with Crippen molar-refractivity contribution >= 4 is 31.9 Å². The molecule has 0 unspecified atom stereocenters. The van der Waals surface area contributed by atoms with E-state index in [-0.39, 0.29) is 16.8 Å². The minimum absolute atomic E-state index is 0.0120. The molecule has 0 radical (unpaired) electrons. The average molecular weight is 361 g/mol. The van der Waals surface area contributed by atoms with Crippen molar-refractivity contribution in [3.8, 4) is 0 Å². The van der Waals surface area contributed by atoms with Gasteiger partial charge in [-0.05, 0) is 44.4 Å². The third-order valence-electron chi connectivity index (χ3n) is 3.45. The van der Waals surface area contributed by atoms with Crippen molar-refractivity contribution in [2.75, 3.05) is 6.54 Å². The summed E-state index contributed by atoms with van der Waals surface area (Å²) in [6.45, 7) is 4.14. The molecule has 110 valence electrons. The van der Waals surface area contributed by atoms with Gasteiger partial charge >= 0.3 is 0 Å². The van der Waals surface area contributed by atoms with Gasteiger partial charge in [0.15, 0.2) is 0 Å². The first-order valence-electron chi connectivity index (χ1n) is 6.39. The molecule has 1 aromatic rings. The molecular formula is C13H17BrN2O3S. The van der Waals surface area contributed by atoms with Gasteiger partial charge in [0.25, 0.3) is 5.91 Å². The Hall–Kier alpha value is -0.920. The van der Waals surface area contributed by atoms with E-state index in [1.165, 1.54) is 6.07 Å². The van der Waals surface area contributed by atoms with Crippen LogP contribution in [0.3, 0.4) is 0 Å². The first kappa shape index (κ1) is 15.5. The quantitative estimate of drug-likeness (QED) is 0.891. The van der Waals surface area contributed by atoms with E-state index < -0.39 is 10.0 Å². The van der Waals surface area contributed by atoms with E-state index in [0.29, 0.717) is 22.1 Å². The molecule has 0 heterocycles. The van der Waals surface area contributed by atoms with Gasteiger partial charge in [-0.15, -0.1) is 0 Å². The molecule has 2 rings (SSSR count). The molecule has 1 saturated carbocycles. The Bertz CT molecular complexity index is 654. The van der Waals surface area contributed by atoms with Gasteiger partial charge in [-0.3, -0.25) is 4.79 Å². The Labute approximate surface area is 127 Å². The van der Waals surface area contributed by atoms with Crippen LogP contribution >= 0.6 is 15.9 Å². The molecule has 1 fully saturated rings. The lowest BCUT2D eigenvalue weighted by atomic mass is 10.1. The summed E-state index contributed by atoms with van der Waals surface area (Å²) < 4.78 is 23.7. The van der Waals surface area contributed by atoms with E-state index in [4.69, 9.17) is 5.14 Å². The van der Waals surface area contributed by atoms with Gasteiger partial charge in [0, 0.05) is 22.6 Å². The van der Waals surface area contributed by atoms with E-state index >= 15 is 0 Å². The molecule has 7 heteroatoms. The standard InChI is InChI=1S/C13H17BrN2O3S/c1-3-16(10-4-5-10)13(17)11-6-9(14)7-12(8(11)2)20(15,18)19/h6-7,10H,3-5H2,1-2H3,(H2,15,18,19). The van der Waals surface area contributed by atoms with Gasteiger partial charge in [-0.25, -0.2) is 13.6 Å². The highest BCUT2D eigenvalue weighted by atomic mass is 79.9. The summed E-state index contributed by atoms with van der Waals surface area (Å²) in [5.74, 6) is -0.140. The van der Waals surface area contributed by atoms with Gasteiger partial charge in [-0.1, -0.05) is 15.9 Å². The summed E-state index contributed by atoms with van der Waals surface area (Å²) in [6.07, 6.45) is 2.02. The summed E-state index contributed by atoms with van der Waals surface area (Å²) >= 11 is 3.24. The molecule has 1 aliphatic rings. The van der Waals surface area contributed by atoms with Gasteiger partial charge in [-0.2, -0.15) is 0 Å². The maximum atomic E-state index is 12.6. The summed E-state index contributed by atoms with van der Waals surface area (Å²) in [7, 11) is -3.85. The van der Waals surface area contributed by atoms with Crippen molar-refractivity contribution in [2.45, 2.75) is 37.6 Å². The molecule has 0 aliphatic heterocycles. The number of hydrogen-bond acceptors (Lipinski definition) is 3. The molecular weight excluding hydrogens is 344 g/mol. The molecule has 2 N–H and O–H groups in total. The third-order valence-corrected chi connectivity index (χ3v) is 4.95. The van der Waals surface area contributed by atoms with Crippen LogP contribution in [0.1, 0.15) is 35.7 Å². The van der Waals surface area contributed by atoms with E-state index in [2.05, 4.69) is 15.9 Å². The summed E-state index contributed by atoms with van der Waals surface area (Å²) in [6, 6.07) is 3.36. The lowest BCUT2D eigenvalue weighted by molar-refractivity contribution is 0.0751. The predicted molar refractivity (Wildman–Crippen MR) is 80.0 cm³/mol. The number of carbonyl (C=O) groups is 1. The molecule has 0 aromatic heterocycles. The van der Waals surface area contributed by atoms with Crippen LogP contribution in [0.5, 0.6) is 0 Å². The zero-order chi connectivity index (χ0) is 15.1. The maximum absolute atomic E-state index is 12.6. The number of amides is 1. The van der Waals surface area contributed by atoms with Crippen LogP contribution in [0.2, 0.25) is 0 Å². The van der Waals surface area contributed by atoms with E-state index in [0.717, 1.165) is 12.8 Å². The van der Waals surface area contributed by atoms with Crippen molar-refractivity contribution in [3.05, 3.63) is 27.7 Å². The third kappa shape index (κ3) is 3.05. The van der Waals surface area contributed by atoms with Crippen molar-refractivity contribution in [1.29, 1.82) is 0 Å². The van der Waals surface area contributed by atoms with E-state index in [9.17, 15) is 13.2 Å². The predicted octanol–water partition coefficient (Wildman–Crippen LogP) is 2.03. The fraction of sp³-hybridized carbons (Fsp3) is 0.462. The molecule has 0 bridgehead atoms. The lowest BCUT2D eigenvalue weighted by Crippen LogP contribution is -2.33. The van der Waals surface area contributed by atoms with Crippen LogP contribution in [0.4, 0.5) is 0 Å². The molecule has 5 nitrogen and oxygen atoms in total. The highest BCUT2D eigenvalue weighted by Crippen LogP contribution is 2.30. The van der Waals surface area contributed by atoms with Crippen molar-refractivity contribution in [2.24, 2.45) is 5.14 Å². The molecule has 20 heavy (non-hydrogen) atoms. The number of primary sulfonamides is 1. The molecule has 1 amide bonds. The summed E-state index contributed by atoms with van der Waals surface area (Å²) in [4.78, 5) is 14.3. The second-order valence-electron chi connectivity index (χ2n) is 4.94. The number of sulfonamides is 1. The molecule has 0 saturated heterocycles. The number of nitrogens with two attached hydrogens (primary N) is 1. The SMILES string of the molecule is CCN(C(=O)c1cc(Br)cc(S(N)(=O)=O)c1C)C1CC1. The van der Waals surface area contributed by atoms with Crippen LogP contribution in [-0.4, -0.2) is 31.8 Å². The Balaban J connectivity index is 2.51. The van der Waals surface area contributed by atoms with Crippen LogP contribution in [0, 0.1) is 6.92 Å². The topological polar surface area (TPSA) is 80.5 Å². The Morgan fingerprint density at radius 2 is 2.05 bits per heavy atom. The Morgan fingerprint density at radius 3 is 2.50 bits per heavy atom. The minimum atomic E-state index is -3.85. The largest absolute Gasteiger partial charge is 0.336 e. The van der Waals surface area contributed by atoms with Gasteiger partial charge in [0.05, 0.1) is 4.90 Å². The number of halogens is 1. The average Bonchev–Trinajstić information content (AvgIpc) is 3.15. The zero-order valence-corrected chi connectivity index (χ0v) is 13.8. The highest BCUT2D eigenvalue weighted by Gasteiger charge is 2.33. The van der Waals surface area contributed by atoms with Gasteiger partial charge in [0.2, 0.25) is 10.0 Å². The molecule has 0 spiro atoms. The Morgan fingerprint density at radius 1 is 1.45 bits per heavy atom. The van der Waals surface area contributed by atoms with Crippen molar-refractivity contribution < 1.29 is 13.2 Å². The molecule has 0 atom stereocenters. The van der Waals surface area contributed by atoms with Crippen LogP contribution < -0.4 is 5.14 Å². The second kappa shape index (κ2) is 5.46. The fourth-order valence-corrected chi connectivity index (χ4v) is 3.72. The number of nitrogens with zero attached hydrogens (tertiary/aromatic N) is 1. The van der Waals surface area contributed by atoms with Gasteiger partial charge in [0.1, 0.15) is 0 Å². The monoisotopic (exact) mass is 360 g/mol. The highest BCUT2D eigenvalue weighted by molar-refractivity contribution is 9.10. The summed E-state index contributed by atoms with van der Waals surface area (Å²) in [5, 5.41) is 5.20. The smallest absolute Gasteiger partial charge is 0.254 e. The minimum Gasteiger partial charge on any atom is -0.336 e. The van der Waals surface area contributed by atoms with E-state index in [1.54, 1.807) is 17.9 Å². The molecule has 1 aromatic carbocycles. The normalized spacial score (nSPS) is 15.2. The van der Waals surface area contributed by atoms with Crippen LogP contribution in [0.25, 0.3) is 0 Å². The van der Waals surface area contributed by atoms with Crippen LogP contribution in [0.15, 0.2) is 21.5 Å².